The van der Waals surface area contributed by atoms with E-state index in [1.54, 1.807) is 0 Å². The SMILES string of the molecule is Nc1cc(-c2c(F)ccc(Cl)c2O)on1. The van der Waals surface area contributed by atoms with Gasteiger partial charge in [0.05, 0.1) is 10.6 Å². The van der Waals surface area contributed by atoms with Crippen molar-refractivity contribution in [1.82, 2.24) is 5.16 Å². The molecule has 0 aliphatic rings. The molecule has 1 aromatic heterocycles. The molecule has 0 unspecified atom stereocenters. The summed E-state index contributed by atoms with van der Waals surface area (Å²) in [7, 11) is 0. The summed E-state index contributed by atoms with van der Waals surface area (Å²) in [6, 6.07) is 3.67. The molecule has 0 radical (unpaired) electrons. The quantitative estimate of drug-likeness (QED) is 0.786. The number of halogens is 2. The van der Waals surface area contributed by atoms with E-state index in [0.29, 0.717) is 0 Å². The van der Waals surface area contributed by atoms with Crippen LogP contribution in [0.2, 0.25) is 5.02 Å². The number of nitrogens with zero attached hydrogens (tertiary/aromatic N) is 1. The van der Waals surface area contributed by atoms with Gasteiger partial charge in [-0.2, -0.15) is 0 Å². The fourth-order valence-electron chi connectivity index (χ4n) is 1.18. The van der Waals surface area contributed by atoms with Crippen LogP contribution in [0.5, 0.6) is 5.75 Å². The summed E-state index contributed by atoms with van der Waals surface area (Å²) in [5.74, 6) is -0.922. The second-order valence-corrected chi connectivity index (χ2v) is 3.28. The lowest BCUT2D eigenvalue weighted by molar-refractivity contribution is 0.425. The van der Waals surface area contributed by atoms with E-state index in [2.05, 4.69) is 5.16 Å². The summed E-state index contributed by atoms with van der Waals surface area (Å²) >= 11 is 5.63. The molecule has 0 fully saturated rings. The molecule has 0 atom stereocenters. The summed E-state index contributed by atoms with van der Waals surface area (Å²) in [6.45, 7) is 0. The Kier molecular flexibility index (Phi) is 2.24. The van der Waals surface area contributed by atoms with Crippen LogP contribution in [0.15, 0.2) is 22.7 Å². The summed E-state index contributed by atoms with van der Waals surface area (Å²) < 4.78 is 18.1. The number of phenols is 1. The Balaban J connectivity index is 2.66. The highest BCUT2D eigenvalue weighted by Gasteiger charge is 2.17. The molecule has 1 aromatic carbocycles. The van der Waals surface area contributed by atoms with Gasteiger partial charge >= 0.3 is 0 Å². The van der Waals surface area contributed by atoms with Crippen LogP contribution in [0.25, 0.3) is 11.3 Å². The van der Waals surface area contributed by atoms with Crippen molar-refractivity contribution < 1.29 is 14.0 Å². The number of aromatic nitrogens is 1. The normalized spacial score (nSPS) is 10.5. The third-order valence-corrected chi connectivity index (χ3v) is 2.16. The van der Waals surface area contributed by atoms with E-state index in [4.69, 9.17) is 21.9 Å². The number of nitrogen functional groups attached to an aromatic ring is 1. The lowest BCUT2D eigenvalue weighted by Gasteiger charge is -2.03. The maximum absolute atomic E-state index is 13.4. The smallest absolute Gasteiger partial charge is 0.175 e. The molecule has 0 amide bonds. The Morgan fingerprint density at radius 3 is 2.80 bits per heavy atom. The molecule has 0 saturated carbocycles. The number of phenolic OH excluding ortho intramolecular Hbond substituents is 1. The molecular formula is C9H6ClFN2O2. The maximum atomic E-state index is 13.4. The minimum atomic E-state index is -0.659. The average Bonchev–Trinajstić information content (AvgIpc) is 2.59. The number of rotatable bonds is 1. The first kappa shape index (κ1) is 9.79. The molecule has 3 N–H and O–H groups in total. The second kappa shape index (κ2) is 3.43. The van der Waals surface area contributed by atoms with Crippen molar-refractivity contribution in [3.63, 3.8) is 0 Å². The zero-order chi connectivity index (χ0) is 11.0. The third kappa shape index (κ3) is 1.61. The van der Waals surface area contributed by atoms with E-state index in [-0.39, 0.29) is 22.2 Å². The van der Waals surface area contributed by atoms with Gasteiger partial charge in [-0.05, 0) is 12.1 Å². The Labute approximate surface area is 89.1 Å². The number of hydrogen-bond donors (Lipinski definition) is 2. The third-order valence-electron chi connectivity index (χ3n) is 1.85. The molecule has 0 spiro atoms. The molecule has 0 aliphatic carbocycles. The summed E-state index contributed by atoms with van der Waals surface area (Å²) in [5, 5.41) is 13.0. The molecule has 0 aliphatic heterocycles. The van der Waals surface area contributed by atoms with Crippen LogP contribution in [0.1, 0.15) is 0 Å². The van der Waals surface area contributed by atoms with Gasteiger partial charge in [0.2, 0.25) is 0 Å². The van der Waals surface area contributed by atoms with Crippen LogP contribution in [0.4, 0.5) is 10.2 Å². The van der Waals surface area contributed by atoms with Crippen molar-refractivity contribution >= 4 is 17.4 Å². The fraction of sp³-hybridized carbons (Fsp3) is 0. The monoisotopic (exact) mass is 228 g/mol. The van der Waals surface area contributed by atoms with Crippen molar-refractivity contribution in [1.29, 1.82) is 0 Å². The zero-order valence-corrected chi connectivity index (χ0v) is 8.12. The minimum Gasteiger partial charge on any atom is -0.505 e. The molecule has 0 saturated heterocycles. The van der Waals surface area contributed by atoms with E-state index in [1.165, 1.54) is 12.1 Å². The highest BCUT2D eigenvalue weighted by atomic mass is 35.5. The van der Waals surface area contributed by atoms with Gasteiger partial charge in [0, 0.05) is 6.07 Å². The van der Waals surface area contributed by atoms with Crippen LogP contribution in [0.3, 0.4) is 0 Å². The molecule has 6 heteroatoms. The van der Waals surface area contributed by atoms with Gasteiger partial charge < -0.3 is 15.4 Å². The first-order chi connectivity index (χ1) is 7.09. The second-order valence-electron chi connectivity index (χ2n) is 2.87. The Morgan fingerprint density at radius 2 is 2.20 bits per heavy atom. The maximum Gasteiger partial charge on any atom is 0.175 e. The van der Waals surface area contributed by atoms with Crippen LogP contribution in [-0.4, -0.2) is 10.3 Å². The predicted octanol–water partition coefficient (Wildman–Crippen LogP) is 2.42. The highest BCUT2D eigenvalue weighted by molar-refractivity contribution is 6.32. The van der Waals surface area contributed by atoms with Crippen molar-refractivity contribution in [2.75, 3.05) is 5.73 Å². The van der Waals surface area contributed by atoms with Gasteiger partial charge in [0.25, 0.3) is 0 Å². The zero-order valence-electron chi connectivity index (χ0n) is 7.37. The molecule has 4 nitrogen and oxygen atoms in total. The number of hydrogen-bond acceptors (Lipinski definition) is 4. The summed E-state index contributed by atoms with van der Waals surface area (Å²) in [4.78, 5) is 0. The van der Waals surface area contributed by atoms with Crippen LogP contribution >= 0.6 is 11.6 Å². The average molecular weight is 229 g/mol. The first-order valence-electron chi connectivity index (χ1n) is 3.99. The van der Waals surface area contributed by atoms with Gasteiger partial charge in [0.15, 0.2) is 11.6 Å². The topological polar surface area (TPSA) is 72.3 Å². The number of anilines is 1. The minimum absolute atomic E-state index is 0.0290. The highest BCUT2D eigenvalue weighted by Crippen LogP contribution is 2.37. The van der Waals surface area contributed by atoms with Gasteiger partial charge in [-0.3, -0.25) is 0 Å². The van der Waals surface area contributed by atoms with E-state index in [9.17, 15) is 9.50 Å². The fourth-order valence-corrected chi connectivity index (χ4v) is 1.34. The van der Waals surface area contributed by atoms with E-state index >= 15 is 0 Å². The molecule has 15 heavy (non-hydrogen) atoms. The molecule has 2 aromatic rings. The van der Waals surface area contributed by atoms with E-state index in [1.807, 2.05) is 0 Å². The largest absolute Gasteiger partial charge is 0.505 e. The van der Waals surface area contributed by atoms with Crippen LogP contribution in [-0.2, 0) is 0 Å². The van der Waals surface area contributed by atoms with Crippen LogP contribution < -0.4 is 5.73 Å². The molecule has 78 valence electrons. The van der Waals surface area contributed by atoms with Crippen molar-refractivity contribution in [3.05, 3.63) is 29.0 Å². The lowest BCUT2D eigenvalue weighted by atomic mass is 10.1. The molecule has 1 heterocycles. The molecule has 2 rings (SSSR count). The lowest BCUT2D eigenvalue weighted by Crippen LogP contribution is -1.84. The predicted molar refractivity (Wildman–Crippen MR) is 53.0 cm³/mol. The van der Waals surface area contributed by atoms with Crippen molar-refractivity contribution in [2.45, 2.75) is 0 Å². The summed E-state index contributed by atoms with van der Waals surface area (Å²) in [5.41, 5.74) is 5.17. The van der Waals surface area contributed by atoms with Crippen LogP contribution in [0, 0.1) is 5.82 Å². The van der Waals surface area contributed by atoms with Crippen molar-refractivity contribution in [3.8, 4) is 17.1 Å². The van der Waals surface area contributed by atoms with Gasteiger partial charge in [-0.15, -0.1) is 0 Å². The standard InChI is InChI=1S/C9H6ClFN2O2/c10-4-1-2-5(11)8(9(4)14)6-3-7(12)13-15-6/h1-3,14H,(H2,12,13). The number of aromatic hydroxyl groups is 1. The van der Waals surface area contributed by atoms with Gasteiger partial charge in [0.1, 0.15) is 11.6 Å². The Morgan fingerprint density at radius 1 is 1.47 bits per heavy atom. The van der Waals surface area contributed by atoms with Gasteiger partial charge in [-0.1, -0.05) is 16.8 Å². The number of benzene rings is 1. The molecule has 0 bridgehead atoms. The Bertz CT molecular complexity index is 513. The van der Waals surface area contributed by atoms with Crippen molar-refractivity contribution in [2.24, 2.45) is 0 Å². The Hall–Kier alpha value is -1.75. The van der Waals surface area contributed by atoms with E-state index < -0.39 is 11.6 Å². The summed E-state index contributed by atoms with van der Waals surface area (Å²) in [6.07, 6.45) is 0. The van der Waals surface area contributed by atoms with E-state index in [0.717, 1.165) is 6.07 Å². The number of nitrogens with two attached hydrogens (primary N) is 1. The van der Waals surface area contributed by atoms with Gasteiger partial charge in [-0.25, -0.2) is 4.39 Å². The first-order valence-corrected chi connectivity index (χ1v) is 4.37. The molecular weight excluding hydrogens is 223 g/mol.